The highest BCUT2D eigenvalue weighted by molar-refractivity contribution is 5.85. The van der Waals surface area contributed by atoms with Crippen LogP contribution >= 0.6 is 12.4 Å². The molecule has 1 saturated carbocycles. The minimum atomic E-state index is -1.35. The van der Waals surface area contributed by atoms with Crippen molar-refractivity contribution in [2.24, 2.45) is 5.73 Å². The molecule has 0 amide bonds. The lowest BCUT2D eigenvalue weighted by Crippen LogP contribution is -2.34. The first-order valence-corrected chi connectivity index (χ1v) is 6.67. The van der Waals surface area contributed by atoms with E-state index in [0.717, 1.165) is 18.9 Å². The van der Waals surface area contributed by atoms with Crippen molar-refractivity contribution >= 4 is 18.1 Å². The molecule has 2 aromatic rings. The van der Waals surface area contributed by atoms with Crippen LogP contribution < -0.4 is 5.73 Å². The number of aromatic nitrogens is 2. The molecule has 0 saturated heterocycles. The zero-order valence-electron chi connectivity index (χ0n) is 11.8. The van der Waals surface area contributed by atoms with Crippen LogP contribution in [0.3, 0.4) is 0 Å². The Hall–Kier alpha value is -2.13. The van der Waals surface area contributed by atoms with E-state index in [2.05, 4.69) is 10.1 Å². The summed E-state index contributed by atoms with van der Waals surface area (Å²) in [4.78, 5) is 13.9. The molecule has 3 rings (SSSR count). The van der Waals surface area contributed by atoms with Crippen LogP contribution in [0.25, 0.3) is 11.5 Å². The average Bonchev–Trinajstić information content (AvgIpc) is 3.11. The van der Waals surface area contributed by atoms with Gasteiger partial charge in [-0.2, -0.15) is 4.98 Å². The maximum atomic E-state index is 13.9. The molecule has 1 aromatic carbocycles. The molecule has 0 bridgehead atoms. The van der Waals surface area contributed by atoms with Gasteiger partial charge in [0.05, 0.1) is 22.1 Å². The number of halogens is 3. The minimum absolute atomic E-state index is 0. The number of rotatable bonds is 3. The van der Waals surface area contributed by atoms with Gasteiger partial charge >= 0.3 is 0 Å². The van der Waals surface area contributed by atoms with Gasteiger partial charge in [0, 0.05) is 6.07 Å². The van der Waals surface area contributed by atoms with E-state index in [-0.39, 0.29) is 24.1 Å². The summed E-state index contributed by atoms with van der Waals surface area (Å²) < 4.78 is 32.3. The first-order chi connectivity index (χ1) is 10.4. The average molecular weight is 347 g/mol. The molecule has 1 fully saturated rings. The Bertz CT molecular complexity index is 747. The van der Waals surface area contributed by atoms with Crippen molar-refractivity contribution in [2.45, 2.75) is 31.2 Å². The lowest BCUT2D eigenvalue weighted by atomic mass is 9.98. The predicted molar refractivity (Wildman–Crippen MR) is 77.9 cm³/mol. The van der Waals surface area contributed by atoms with Gasteiger partial charge in [0.1, 0.15) is 0 Å². The Labute approximate surface area is 135 Å². The summed E-state index contributed by atoms with van der Waals surface area (Å²) in [5.41, 5.74) is 4.35. The van der Waals surface area contributed by atoms with Crippen LogP contribution in [0.15, 0.2) is 16.7 Å². The molecule has 1 aliphatic rings. The molecular formula is C13H13ClF2N4O3. The summed E-state index contributed by atoms with van der Waals surface area (Å²) in [7, 11) is 0. The van der Waals surface area contributed by atoms with Gasteiger partial charge < -0.3 is 10.3 Å². The van der Waals surface area contributed by atoms with Crippen LogP contribution in [0.4, 0.5) is 14.5 Å². The Morgan fingerprint density at radius 1 is 1.30 bits per heavy atom. The Morgan fingerprint density at radius 2 is 1.96 bits per heavy atom. The number of nitro groups is 1. The lowest BCUT2D eigenvalue weighted by Gasteiger charge is -2.17. The summed E-state index contributed by atoms with van der Waals surface area (Å²) >= 11 is 0. The maximum Gasteiger partial charge on any atom is 0.273 e. The molecule has 0 unspecified atom stereocenters. The van der Waals surface area contributed by atoms with E-state index < -0.39 is 33.3 Å². The molecule has 7 nitrogen and oxygen atoms in total. The smallest absolute Gasteiger partial charge is 0.273 e. The van der Waals surface area contributed by atoms with E-state index in [1.54, 1.807) is 0 Å². The van der Waals surface area contributed by atoms with E-state index in [9.17, 15) is 18.9 Å². The molecule has 1 heterocycles. The van der Waals surface area contributed by atoms with Crippen LogP contribution in [0.1, 0.15) is 31.5 Å². The summed E-state index contributed by atoms with van der Waals surface area (Å²) in [6.45, 7) is 0. The maximum absolute atomic E-state index is 13.9. The van der Waals surface area contributed by atoms with Crippen LogP contribution in [0, 0.1) is 21.7 Å². The summed E-state index contributed by atoms with van der Waals surface area (Å²) in [6, 6.07) is 1.35. The number of hydrogen-bond donors (Lipinski definition) is 1. The number of benzene rings is 1. The molecular weight excluding hydrogens is 334 g/mol. The van der Waals surface area contributed by atoms with Crippen LogP contribution in [0.5, 0.6) is 0 Å². The molecule has 23 heavy (non-hydrogen) atoms. The van der Waals surface area contributed by atoms with Crippen molar-refractivity contribution in [1.29, 1.82) is 0 Å². The van der Waals surface area contributed by atoms with E-state index in [1.165, 1.54) is 0 Å². The molecule has 10 heteroatoms. The Morgan fingerprint density at radius 3 is 2.57 bits per heavy atom. The summed E-state index contributed by atoms with van der Waals surface area (Å²) in [6.07, 6.45) is 3.16. The van der Waals surface area contributed by atoms with Crippen molar-refractivity contribution in [3.05, 3.63) is 39.7 Å². The van der Waals surface area contributed by atoms with Gasteiger partial charge in [0.15, 0.2) is 17.5 Å². The molecule has 0 spiro atoms. The second kappa shape index (κ2) is 6.17. The van der Waals surface area contributed by atoms with E-state index in [1.807, 2.05) is 0 Å². The number of non-ortho nitro benzene ring substituents is 1. The number of nitrogens with two attached hydrogens (primary N) is 1. The highest BCUT2D eigenvalue weighted by atomic mass is 35.5. The van der Waals surface area contributed by atoms with Crippen LogP contribution in [-0.2, 0) is 5.54 Å². The monoisotopic (exact) mass is 346 g/mol. The zero-order valence-corrected chi connectivity index (χ0v) is 12.6. The fraction of sp³-hybridized carbons (Fsp3) is 0.385. The number of nitrogens with zero attached hydrogens (tertiary/aromatic N) is 3. The van der Waals surface area contributed by atoms with E-state index in [0.29, 0.717) is 18.9 Å². The molecule has 1 aliphatic carbocycles. The minimum Gasteiger partial charge on any atom is -0.334 e. The van der Waals surface area contributed by atoms with Crippen molar-refractivity contribution in [1.82, 2.24) is 10.1 Å². The standard InChI is InChI=1S/C13H12F2N4O3.ClH/c14-9-6-7(19(20)21)5-8(10(9)15)11-17-12(18-22-11)13(16)3-1-2-4-13;/h5-6H,1-4,16H2;1H. The highest BCUT2D eigenvalue weighted by Crippen LogP contribution is 2.36. The van der Waals surface area contributed by atoms with Gasteiger partial charge in [0.2, 0.25) is 0 Å². The van der Waals surface area contributed by atoms with Gasteiger partial charge in [-0.15, -0.1) is 12.4 Å². The largest absolute Gasteiger partial charge is 0.334 e. The van der Waals surface area contributed by atoms with Crippen LogP contribution in [0.2, 0.25) is 0 Å². The van der Waals surface area contributed by atoms with E-state index >= 15 is 0 Å². The predicted octanol–water partition coefficient (Wildman–Crippen LogP) is 3.07. The first-order valence-electron chi connectivity index (χ1n) is 6.67. The van der Waals surface area contributed by atoms with Gasteiger partial charge in [-0.25, -0.2) is 8.78 Å². The number of hydrogen-bond acceptors (Lipinski definition) is 6. The third-order valence-corrected chi connectivity index (χ3v) is 3.82. The SMILES string of the molecule is Cl.NC1(c2noc(-c3cc([N+](=O)[O-])cc(F)c3F)n2)CCCC1. The normalized spacial score (nSPS) is 16.1. The summed E-state index contributed by atoms with van der Waals surface area (Å²) in [5, 5.41) is 14.5. The van der Waals surface area contributed by atoms with E-state index in [4.69, 9.17) is 10.3 Å². The fourth-order valence-electron chi connectivity index (χ4n) is 2.60. The Kier molecular flexibility index (Phi) is 4.62. The van der Waals surface area contributed by atoms with Crippen LogP contribution in [-0.4, -0.2) is 15.1 Å². The molecule has 0 atom stereocenters. The fourth-order valence-corrected chi connectivity index (χ4v) is 2.60. The molecule has 0 aliphatic heterocycles. The Balaban J connectivity index is 0.00000192. The third-order valence-electron chi connectivity index (χ3n) is 3.82. The topological polar surface area (TPSA) is 108 Å². The van der Waals surface area contributed by atoms with Crippen molar-refractivity contribution in [2.75, 3.05) is 0 Å². The second-order valence-electron chi connectivity index (χ2n) is 5.33. The summed E-state index contributed by atoms with van der Waals surface area (Å²) in [5.74, 6) is -2.76. The van der Waals surface area contributed by atoms with Gasteiger partial charge in [-0.05, 0) is 12.8 Å². The van der Waals surface area contributed by atoms with Gasteiger partial charge in [0.25, 0.3) is 11.6 Å². The van der Waals surface area contributed by atoms with Gasteiger partial charge in [-0.1, -0.05) is 18.0 Å². The number of nitro benzene ring substituents is 1. The second-order valence-corrected chi connectivity index (χ2v) is 5.33. The van der Waals surface area contributed by atoms with Crippen molar-refractivity contribution in [3.63, 3.8) is 0 Å². The molecule has 2 N–H and O–H groups in total. The first kappa shape index (κ1) is 17.2. The molecule has 1 aromatic heterocycles. The highest BCUT2D eigenvalue weighted by Gasteiger charge is 2.36. The molecule has 0 radical (unpaired) electrons. The quantitative estimate of drug-likeness (QED) is 0.675. The van der Waals surface area contributed by atoms with Gasteiger partial charge in [-0.3, -0.25) is 10.1 Å². The van der Waals surface area contributed by atoms with Crippen molar-refractivity contribution in [3.8, 4) is 11.5 Å². The third kappa shape index (κ3) is 3.02. The van der Waals surface area contributed by atoms with Crippen molar-refractivity contribution < 1.29 is 18.2 Å². The zero-order chi connectivity index (χ0) is 15.9. The lowest BCUT2D eigenvalue weighted by molar-refractivity contribution is -0.385. The molecule has 124 valence electrons.